The van der Waals surface area contributed by atoms with E-state index in [1.165, 1.54) is 25.7 Å². The van der Waals surface area contributed by atoms with Crippen LogP contribution >= 0.6 is 15.9 Å². The Hall–Kier alpha value is 0.480. The monoisotopic (exact) mass is 246 g/mol. The largest absolute Gasteiger partial charge is 0.0890 e. The van der Waals surface area contributed by atoms with Crippen molar-refractivity contribution in [3.8, 4) is 0 Å². The van der Waals surface area contributed by atoms with Crippen LogP contribution in [0.25, 0.3) is 0 Å². The lowest BCUT2D eigenvalue weighted by molar-refractivity contribution is 0.182. The van der Waals surface area contributed by atoms with E-state index < -0.39 is 0 Å². The van der Waals surface area contributed by atoms with Crippen LogP contribution < -0.4 is 0 Å². The molecule has 0 spiro atoms. The SMILES string of the molecule is CC(C)CC(C)C1(C)CCC(Br)C1. The van der Waals surface area contributed by atoms with Crippen molar-refractivity contribution in [3.63, 3.8) is 0 Å². The van der Waals surface area contributed by atoms with Gasteiger partial charge in [0.25, 0.3) is 0 Å². The molecule has 1 fully saturated rings. The molecular formula is C12H23Br. The third kappa shape index (κ3) is 2.97. The minimum atomic E-state index is 0.610. The molecule has 1 aliphatic carbocycles. The summed E-state index contributed by atoms with van der Waals surface area (Å²) in [7, 11) is 0. The van der Waals surface area contributed by atoms with Crippen molar-refractivity contribution in [1.82, 2.24) is 0 Å². The molecule has 0 nitrogen and oxygen atoms in total. The minimum Gasteiger partial charge on any atom is -0.0890 e. The number of halogens is 1. The van der Waals surface area contributed by atoms with Crippen LogP contribution in [-0.4, -0.2) is 4.83 Å². The second-order valence-electron chi connectivity index (χ2n) is 5.52. The van der Waals surface area contributed by atoms with Gasteiger partial charge in [0, 0.05) is 4.83 Å². The van der Waals surface area contributed by atoms with Gasteiger partial charge in [-0.1, -0.05) is 43.6 Å². The summed E-state index contributed by atoms with van der Waals surface area (Å²) >= 11 is 3.75. The van der Waals surface area contributed by atoms with E-state index in [0.29, 0.717) is 5.41 Å². The minimum absolute atomic E-state index is 0.610. The lowest BCUT2D eigenvalue weighted by Crippen LogP contribution is -2.23. The van der Waals surface area contributed by atoms with E-state index in [4.69, 9.17) is 0 Å². The van der Waals surface area contributed by atoms with E-state index >= 15 is 0 Å². The van der Waals surface area contributed by atoms with Crippen LogP contribution in [-0.2, 0) is 0 Å². The van der Waals surface area contributed by atoms with Crippen LogP contribution in [0.5, 0.6) is 0 Å². The highest BCUT2D eigenvalue weighted by molar-refractivity contribution is 9.09. The molecule has 0 aromatic carbocycles. The molecule has 0 heterocycles. The zero-order chi connectivity index (χ0) is 10.1. The molecule has 0 amide bonds. The molecular weight excluding hydrogens is 224 g/mol. The Morgan fingerprint density at radius 3 is 2.38 bits per heavy atom. The molecule has 0 aromatic heterocycles. The Kier molecular flexibility index (Phi) is 3.85. The van der Waals surface area contributed by atoms with Crippen molar-refractivity contribution in [1.29, 1.82) is 0 Å². The van der Waals surface area contributed by atoms with Crippen molar-refractivity contribution >= 4 is 15.9 Å². The van der Waals surface area contributed by atoms with Gasteiger partial charge in [-0.3, -0.25) is 0 Å². The Morgan fingerprint density at radius 2 is 2.00 bits per heavy atom. The first-order valence-electron chi connectivity index (χ1n) is 5.58. The smallest absolute Gasteiger partial charge is 0.0151 e. The fourth-order valence-electron chi connectivity index (χ4n) is 2.64. The van der Waals surface area contributed by atoms with E-state index in [-0.39, 0.29) is 0 Å². The summed E-state index contributed by atoms with van der Waals surface area (Å²) < 4.78 is 0. The molecule has 13 heavy (non-hydrogen) atoms. The molecule has 1 heteroatoms. The van der Waals surface area contributed by atoms with Gasteiger partial charge in [0.05, 0.1) is 0 Å². The van der Waals surface area contributed by atoms with Crippen LogP contribution in [0, 0.1) is 17.3 Å². The van der Waals surface area contributed by atoms with Crippen molar-refractivity contribution in [2.45, 2.75) is 58.2 Å². The molecule has 0 bridgehead atoms. The van der Waals surface area contributed by atoms with E-state index in [0.717, 1.165) is 16.7 Å². The third-order valence-corrected chi connectivity index (χ3v) is 4.51. The maximum absolute atomic E-state index is 3.75. The Balaban J connectivity index is 2.49. The molecule has 1 rings (SSSR count). The third-order valence-electron chi connectivity index (χ3n) is 3.73. The predicted molar refractivity (Wildman–Crippen MR) is 63.3 cm³/mol. The molecule has 3 unspecified atom stereocenters. The van der Waals surface area contributed by atoms with Gasteiger partial charge in [-0.15, -0.1) is 0 Å². The van der Waals surface area contributed by atoms with E-state index in [2.05, 4.69) is 43.6 Å². The number of hydrogen-bond donors (Lipinski definition) is 0. The molecule has 1 aliphatic rings. The standard InChI is InChI=1S/C12H23Br/c1-9(2)7-10(3)12(4)6-5-11(13)8-12/h9-11H,5-8H2,1-4H3. The van der Waals surface area contributed by atoms with Gasteiger partial charge < -0.3 is 0 Å². The summed E-state index contributed by atoms with van der Waals surface area (Å²) in [6.45, 7) is 9.58. The quantitative estimate of drug-likeness (QED) is 0.638. The van der Waals surface area contributed by atoms with Gasteiger partial charge in [-0.05, 0) is 42.9 Å². The highest BCUT2D eigenvalue weighted by Crippen LogP contribution is 2.48. The predicted octanol–water partition coefficient (Wildman–Crippen LogP) is 4.62. The van der Waals surface area contributed by atoms with Crippen LogP contribution in [0.15, 0.2) is 0 Å². The van der Waals surface area contributed by atoms with Crippen molar-refractivity contribution in [3.05, 3.63) is 0 Å². The molecule has 1 saturated carbocycles. The summed E-state index contributed by atoms with van der Waals surface area (Å²) in [4.78, 5) is 0.784. The Bertz CT molecular complexity index is 165. The fraction of sp³-hybridized carbons (Fsp3) is 1.00. The highest BCUT2D eigenvalue weighted by Gasteiger charge is 2.38. The maximum atomic E-state index is 3.75. The summed E-state index contributed by atoms with van der Waals surface area (Å²) in [5.41, 5.74) is 0.610. The van der Waals surface area contributed by atoms with Crippen LogP contribution in [0.1, 0.15) is 53.4 Å². The van der Waals surface area contributed by atoms with Crippen molar-refractivity contribution in [2.24, 2.45) is 17.3 Å². The summed E-state index contributed by atoms with van der Waals surface area (Å²) in [6, 6.07) is 0. The van der Waals surface area contributed by atoms with Crippen molar-refractivity contribution in [2.75, 3.05) is 0 Å². The second-order valence-corrected chi connectivity index (χ2v) is 6.82. The number of alkyl halides is 1. The molecule has 0 saturated heterocycles. The normalized spacial score (nSPS) is 36.9. The summed E-state index contributed by atoms with van der Waals surface area (Å²) in [6.07, 6.45) is 5.55. The van der Waals surface area contributed by atoms with Crippen LogP contribution in [0.4, 0.5) is 0 Å². The zero-order valence-electron chi connectivity index (χ0n) is 9.44. The molecule has 0 radical (unpaired) electrons. The summed E-state index contributed by atoms with van der Waals surface area (Å²) in [5.74, 6) is 1.73. The average Bonchev–Trinajstić information content (AvgIpc) is 2.31. The number of hydrogen-bond acceptors (Lipinski definition) is 0. The van der Waals surface area contributed by atoms with E-state index in [1.54, 1.807) is 0 Å². The van der Waals surface area contributed by atoms with Crippen LogP contribution in [0.2, 0.25) is 0 Å². The molecule has 0 aliphatic heterocycles. The molecule has 3 atom stereocenters. The molecule has 0 aromatic rings. The lowest BCUT2D eigenvalue weighted by atomic mass is 9.73. The fourth-order valence-corrected chi connectivity index (χ4v) is 3.60. The van der Waals surface area contributed by atoms with Crippen molar-refractivity contribution < 1.29 is 0 Å². The maximum Gasteiger partial charge on any atom is 0.0151 e. The topological polar surface area (TPSA) is 0 Å². The number of rotatable bonds is 3. The molecule has 78 valence electrons. The van der Waals surface area contributed by atoms with Gasteiger partial charge >= 0.3 is 0 Å². The second kappa shape index (κ2) is 4.33. The van der Waals surface area contributed by atoms with Gasteiger partial charge in [-0.2, -0.15) is 0 Å². The Labute approximate surface area is 91.6 Å². The first-order chi connectivity index (χ1) is 5.94. The van der Waals surface area contributed by atoms with Gasteiger partial charge in [0.2, 0.25) is 0 Å². The Morgan fingerprint density at radius 1 is 1.38 bits per heavy atom. The first kappa shape index (κ1) is 11.6. The first-order valence-corrected chi connectivity index (χ1v) is 6.49. The van der Waals surface area contributed by atoms with Gasteiger partial charge in [-0.25, -0.2) is 0 Å². The van der Waals surface area contributed by atoms with E-state index in [9.17, 15) is 0 Å². The molecule has 0 N–H and O–H groups in total. The average molecular weight is 247 g/mol. The van der Waals surface area contributed by atoms with E-state index in [1.807, 2.05) is 0 Å². The van der Waals surface area contributed by atoms with Crippen LogP contribution in [0.3, 0.4) is 0 Å². The zero-order valence-corrected chi connectivity index (χ0v) is 11.0. The summed E-state index contributed by atoms with van der Waals surface area (Å²) in [5, 5.41) is 0. The lowest BCUT2D eigenvalue weighted by Gasteiger charge is -2.32. The highest BCUT2D eigenvalue weighted by atomic mass is 79.9. The van der Waals surface area contributed by atoms with Gasteiger partial charge in [0.1, 0.15) is 0 Å². The van der Waals surface area contributed by atoms with Gasteiger partial charge in [0.15, 0.2) is 0 Å².